The van der Waals surface area contributed by atoms with Gasteiger partial charge in [0.25, 0.3) is 0 Å². The average molecular weight is 542 g/mol. The van der Waals surface area contributed by atoms with Gasteiger partial charge in [0, 0.05) is 22.2 Å². The Bertz CT molecular complexity index is 2010. The molecule has 0 amide bonds. The van der Waals surface area contributed by atoms with Crippen molar-refractivity contribution in [3.8, 4) is 11.1 Å². The van der Waals surface area contributed by atoms with E-state index in [1.807, 2.05) is 0 Å². The smallest absolute Gasteiger partial charge is 0.0546 e. The van der Waals surface area contributed by atoms with Gasteiger partial charge < -0.3 is 4.90 Å². The van der Waals surface area contributed by atoms with Crippen molar-refractivity contribution in [1.82, 2.24) is 0 Å². The summed E-state index contributed by atoms with van der Waals surface area (Å²) < 4.78 is 0. The van der Waals surface area contributed by atoms with Crippen LogP contribution in [0.4, 0.5) is 17.1 Å². The van der Waals surface area contributed by atoms with E-state index in [2.05, 4.69) is 172 Å². The zero-order chi connectivity index (χ0) is 28.8. The second kappa shape index (κ2) is 10.2. The molecule has 0 aromatic heterocycles. The molecule has 0 unspecified atom stereocenters. The maximum Gasteiger partial charge on any atom is 0.0546 e. The van der Waals surface area contributed by atoms with E-state index in [0.29, 0.717) is 0 Å². The Morgan fingerprint density at radius 3 is 2.07 bits per heavy atom. The minimum Gasteiger partial charge on any atom is -0.310 e. The first-order valence-electron chi connectivity index (χ1n) is 14.8. The average Bonchev–Trinajstić information content (AvgIpc) is 3.22. The summed E-state index contributed by atoms with van der Waals surface area (Å²) in [4.78, 5) is 2.45. The van der Waals surface area contributed by atoms with Crippen LogP contribution in [0.2, 0.25) is 0 Å². The van der Waals surface area contributed by atoms with Crippen LogP contribution in [-0.2, 0) is 5.41 Å². The lowest BCUT2D eigenvalue weighted by Crippen LogP contribution is -2.17. The van der Waals surface area contributed by atoms with E-state index in [-0.39, 0.29) is 5.41 Å². The van der Waals surface area contributed by atoms with Crippen LogP contribution in [0.1, 0.15) is 38.8 Å². The number of hydrogen-bond donors (Lipinski definition) is 0. The molecule has 0 fully saturated rings. The Hall–Kier alpha value is -4.88. The molecule has 1 aliphatic carbocycles. The lowest BCUT2D eigenvalue weighted by atomic mass is 9.82. The highest BCUT2D eigenvalue weighted by Gasteiger charge is 2.35. The molecule has 0 atom stereocenters. The van der Waals surface area contributed by atoms with Gasteiger partial charge in [0.15, 0.2) is 0 Å². The van der Waals surface area contributed by atoms with E-state index in [1.54, 1.807) is 0 Å². The number of allylic oxidation sites excluding steroid dienone is 4. The Labute approximate surface area is 249 Å². The van der Waals surface area contributed by atoms with Gasteiger partial charge >= 0.3 is 0 Å². The van der Waals surface area contributed by atoms with Gasteiger partial charge in [-0.2, -0.15) is 0 Å². The second-order valence-electron chi connectivity index (χ2n) is 11.8. The first-order valence-corrected chi connectivity index (χ1v) is 14.8. The highest BCUT2D eigenvalue weighted by Crippen LogP contribution is 2.49. The zero-order valence-electron chi connectivity index (χ0n) is 24.7. The minimum absolute atomic E-state index is 0.0471. The summed E-state index contributed by atoms with van der Waals surface area (Å²) in [5, 5.41) is 5.03. The van der Waals surface area contributed by atoms with Crippen molar-refractivity contribution in [3.05, 3.63) is 156 Å². The quantitative estimate of drug-likeness (QED) is 0.196. The van der Waals surface area contributed by atoms with Gasteiger partial charge in [-0.05, 0) is 88.2 Å². The third-order valence-electron chi connectivity index (χ3n) is 9.12. The van der Waals surface area contributed by atoms with Gasteiger partial charge in [-0.3, -0.25) is 0 Å². The molecule has 0 spiro atoms. The topological polar surface area (TPSA) is 3.24 Å². The standard InChI is InChI=1S/C41H35N/c1-5-12-35-28(2)41(3,4)38-27-34(25-26-37(35)38)42(33-23-21-30(22-24-33)29-13-7-6-8-14-29)39-18-11-16-32-20-19-31-15-9-10-17-36(31)40(32)39/h5-27H,1-4H3/b12-5-. The molecule has 0 bridgehead atoms. The summed E-state index contributed by atoms with van der Waals surface area (Å²) >= 11 is 0. The number of hydrogen-bond acceptors (Lipinski definition) is 1. The van der Waals surface area contributed by atoms with Crippen molar-refractivity contribution < 1.29 is 0 Å². The Morgan fingerprint density at radius 1 is 0.619 bits per heavy atom. The van der Waals surface area contributed by atoms with Crippen molar-refractivity contribution in [2.24, 2.45) is 0 Å². The summed E-state index contributed by atoms with van der Waals surface area (Å²) in [7, 11) is 0. The van der Waals surface area contributed by atoms with Gasteiger partial charge in [0.1, 0.15) is 0 Å². The molecule has 42 heavy (non-hydrogen) atoms. The fourth-order valence-electron chi connectivity index (χ4n) is 6.63. The van der Waals surface area contributed by atoms with Gasteiger partial charge in [0.05, 0.1) is 5.69 Å². The van der Waals surface area contributed by atoms with E-state index < -0.39 is 0 Å². The Kier molecular flexibility index (Phi) is 6.32. The van der Waals surface area contributed by atoms with Crippen LogP contribution in [0.5, 0.6) is 0 Å². The van der Waals surface area contributed by atoms with Crippen molar-refractivity contribution >= 4 is 44.2 Å². The number of benzene rings is 6. The molecule has 0 aliphatic heterocycles. The van der Waals surface area contributed by atoms with E-state index in [1.165, 1.54) is 66.3 Å². The largest absolute Gasteiger partial charge is 0.310 e. The van der Waals surface area contributed by atoms with Crippen LogP contribution >= 0.6 is 0 Å². The SMILES string of the molecule is C/C=C\C1=C(C)C(C)(C)c2cc(N(c3ccc(-c4ccccc4)cc3)c3cccc4ccc5ccccc5c34)ccc21. The Morgan fingerprint density at radius 2 is 1.29 bits per heavy atom. The van der Waals surface area contributed by atoms with E-state index in [9.17, 15) is 0 Å². The van der Waals surface area contributed by atoms with Crippen LogP contribution in [0.15, 0.2) is 145 Å². The van der Waals surface area contributed by atoms with Crippen molar-refractivity contribution in [2.75, 3.05) is 4.90 Å². The molecule has 1 heteroatoms. The third-order valence-corrected chi connectivity index (χ3v) is 9.12. The summed E-state index contributed by atoms with van der Waals surface area (Å²) in [6.45, 7) is 9.09. The minimum atomic E-state index is -0.0471. The molecular formula is C41H35N. The maximum atomic E-state index is 2.45. The molecule has 204 valence electrons. The highest BCUT2D eigenvalue weighted by atomic mass is 15.1. The van der Waals surface area contributed by atoms with Gasteiger partial charge in [-0.25, -0.2) is 0 Å². The van der Waals surface area contributed by atoms with Crippen LogP contribution in [0, 0.1) is 0 Å². The molecule has 7 rings (SSSR count). The van der Waals surface area contributed by atoms with Crippen molar-refractivity contribution in [1.29, 1.82) is 0 Å². The van der Waals surface area contributed by atoms with Crippen LogP contribution in [-0.4, -0.2) is 0 Å². The monoisotopic (exact) mass is 541 g/mol. The maximum absolute atomic E-state index is 2.45. The number of rotatable bonds is 5. The van der Waals surface area contributed by atoms with Crippen molar-refractivity contribution in [2.45, 2.75) is 33.1 Å². The number of fused-ring (bicyclic) bond motifs is 4. The van der Waals surface area contributed by atoms with Gasteiger partial charge in [0.2, 0.25) is 0 Å². The third kappa shape index (κ3) is 4.16. The van der Waals surface area contributed by atoms with Crippen LogP contribution in [0.3, 0.4) is 0 Å². The number of nitrogens with zero attached hydrogens (tertiary/aromatic N) is 1. The lowest BCUT2D eigenvalue weighted by Gasteiger charge is -2.30. The van der Waals surface area contributed by atoms with E-state index >= 15 is 0 Å². The fourth-order valence-corrected chi connectivity index (χ4v) is 6.63. The fraction of sp³-hybridized carbons (Fsp3) is 0.122. The van der Waals surface area contributed by atoms with Gasteiger partial charge in [-0.1, -0.05) is 129 Å². The highest BCUT2D eigenvalue weighted by molar-refractivity contribution is 6.15. The van der Waals surface area contributed by atoms with Crippen LogP contribution < -0.4 is 4.90 Å². The molecule has 6 aromatic rings. The van der Waals surface area contributed by atoms with E-state index in [0.717, 1.165) is 5.69 Å². The summed E-state index contributed by atoms with van der Waals surface area (Å²) in [5.41, 5.74) is 11.4. The molecule has 0 N–H and O–H groups in total. The molecule has 1 nitrogen and oxygen atoms in total. The van der Waals surface area contributed by atoms with Gasteiger partial charge in [-0.15, -0.1) is 0 Å². The first kappa shape index (κ1) is 26.0. The molecule has 0 saturated heterocycles. The lowest BCUT2D eigenvalue weighted by molar-refractivity contribution is 0.639. The first-order chi connectivity index (χ1) is 20.5. The molecule has 0 heterocycles. The zero-order valence-corrected chi connectivity index (χ0v) is 24.7. The molecular weight excluding hydrogens is 506 g/mol. The number of anilines is 3. The summed E-state index contributed by atoms with van der Waals surface area (Å²) in [5.74, 6) is 0. The summed E-state index contributed by atoms with van der Waals surface area (Å²) in [6.07, 6.45) is 4.42. The second-order valence-corrected chi connectivity index (χ2v) is 11.8. The molecule has 6 aromatic carbocycles. The predicted octanol–water partition coefficient (Wildman–Crippen LogP) is 11.8. The molecule has 0 radical (unpaired) electrons. The molecule has 1 aliphatic rings. The molecule has 0 saturated carbocycles. The predicted molar refractivity (Wildman–Crippen MR) is 182 cm³/mol. The van der Waals surface area contributed by atoms with Crippen LogP contribution in [0.25, 0.3) is 38.2 Å². The summed E-state index contributed by atoms with van der Waals surface area (Å²) in [6, 6.07) is 46.6. The van der Waals surface area contributed by atoms with E-state index in [4.69, 9.17) is 0 Å². The normalized spacial score (nSPS) is 14.2. The Balaban J connectivity index is 1.47. The van der Waals surface area contributed by atoms with Crippen molar-refractivity contribution in [3.63, 3.8) is 0 Å².